The zero-order chi connectivity index (χ0) is 13.6. The van der Waals surface area contributed by atoms with Crippen LogP contribution in [-0.4, -0.2) is 57.6 Å². The van der Waals surface area contributed by atoms with E-state index >= 15 is 0 Å². The van der Waals surface area contributed by atoms with E-state index in [4.69, 9.17) is 8.92 Å². The molecule has 0 spiro atoms. The van der Waals surface area contributed by atoms with Crippen molar-refractivity contribution in [2.24, 2.45) is 0 Å². The molecule has 106 valence electrons. The Morgan fingerprint density at radius 3 is 2.67 bits per heavy atom. The molecule has 7 heteroatoms. The minimum atomic E-state index is -3.57. The Balaban J connectivity index is 2.57. The van der Waals surface area contributed by atoms with Crippen molar-refractivity contribution in [3.63, 3.8) is 0 Å². The van der Waals surface area contributed by atoms with Gasteiger partial charge in [0.15, 0.2) is 0 Å². The van der Waals surface area contributed by atoms with Gasteiger partial charge in [0, 0.05) is 33.1 Å². The van der Waals surface area contributed by atoms with E-state index in [1.54, 1.807) is 11.9 Å². The highest BCUT2D eigenvalue weighted by atomic mass is 32.2. The standard InChI is InChI=1S/C11H22N2O4S/c1-4-5-6-13-8-7-12(2)11(13)17-18(14,15)10-9-16-3/h7-8,11H,4-6,9-10H2,1-3H3. The summed E-state index contributed by atoms with van der Waals surface area (Å²) in [4.78, 5) is 3.62. The number of methoxy groups -OCH3 is 1. The van der Waals surface area contributed by atoms with Crippen LogP contribution in [0.25, 0.3) is 0 Å². The minimum absolute atomic E-state index is 0.130. The Morgan fingerprint density at radius 2 is 2.06 bits per heavy atom. The van der Waals surface area contributed by atoms with Crippen molar-refractivity contribution in [2.45, 2.75) is 26.1 Å². The fourth-order valence-electron chi connectivity index (χ4n) is 1.59. The van der Waals surface area contributed by atoms with Crippen LogP contribution in [0.5, 0.6) is 0 Å². The molecular formula is C11H22N2O4S. The molecule has 1 rings (SSSR count). The van der Waals surface area contributed by atoms with Crippen LogP contribution in [0, 0.1) is 0 Å². The van der Waals surface area contributed by atoms with Gasteiger partial charge in [-0.15, -0.1) is 0 Å². The van der Waals surface area contributed by atoms with Crippen LogP contribution in [0.1, 0.15) is 19.8 Å². The maximum Gasteiger partial charge on any atom is 0.273 e. The van der Waals surface area contributed by atoms with Crippen molar-refractivity contribution in [1.29, 1.82) is 0 Å². The largest absolute Gasteiger partial charge is 0.384 e. The Labute approximate surface area is 109 Å². The quantitative estimate of drug-likeness (QED) is 0.612. The summed E-state index contributed by atoms with van der Waals surface area (Å²) in [6, 6.07) is 0. The summed E-state index contributed by atoms with van der Waals surface area (Å²) in [6.45, 7) is 3.01. The Bertz CT molecular complexity index is 369. The normalized spacial score (nSPS) is 19.8. The van der Waals surface area contributed by atoms with Crippen LogP contribution in [0.15, 0.2) is 12.4 Å². The molecule has 6 nitrogen and oxygen atoms in total. The Morgan fingerprint density at radius 1 is 1.33 bits per heavy atom. The van der Waals surface area contributed by atoms with Crippen LogP contribution in [0.2, 0.25) is 0 Å². The summed E-state index contributed by atoms with van der Waals surface area (Å²) in [5, 5.41) is 0. The van der Waals surface area contributed by atoms with Gasteiger partial charge < -0.3 is 14.5 Å². The summed E-state index contributed by atoms with van der Waals surface area (Å²) in [6.07, 6.45) is 5.14. The lowest BCUT2D eigenvalue weighted by Gasteiger charge is -2.29. The van der Waals surface area contributed by atoms with Gasteiger partial charge in [-0.2, -0.15) is 8.42 Å². The summed E-state index contributed by atoms with van der Waals surface area (Å²) in [7, 11) is -0.311. The molecule has 0 amide bonds. The van der Waals surface area contributed by atoms with Crippen LogP contribution >= 0.6 is 0 Å². The molecule has 0 aromatic rings. The van der Waals surface area contributed by atoms with Crippen LogP contribution in [-0.2, 0) is 19.0 Å². The topological polar surface area (TPSA) is 59.1 Å². The average molecular weight is 278 g/mol. The van der Waals surface area contributed by atoms with Crippen molar-refractivity contribution in [1.82, 2.24) is 9.80 Å². The van der Waals surface area contributed by atoms with E-state index < -0.39 is 16.5 Å². The molecule has 0 saturated carbocycles. The van der Waals surface area contributed by atoms with Gasteiger partial charge in [0.25, 0.3) is 10.1 Å². The molecule has 1 heterocycles. The molecule has 0 N–H and O–H groups in total. The van der Waals surface area contributed by atoms with Gasteiger partial charge in [-0.05, 0) is 6.42 Å². The first kappa shape index (κ1) is 15.3. The molecule has 1 aliphatic rings. The van der Waals surface area contributed by atoms with Gasteiger partial charge in [0.05, 0.1) is 12.4 Å². The first-order valence-electron chi connectivity index (χ1n) is 6.06. The lowest BCUT2D eigenvalue weighted by Crippen LogP contribution is -2.41. The molecule has 0 aliphatic carbocycles. The molecule has 1 unspecified atom stereocenters. The highest BCUT2D eigenvalue weighted by Crippen LogP contribution is 2.18. The summed E-state index contributed by atoms with van der Waals surface area (Å²) in [5.74, 6) is -0.130. The number of hydrogen-bond donors (Lipinski definition) is 0. The lowest BCUT2D eigenvalue weighted by atomic mass is 10.3. The molecule has 0 bridgehead atoms. The predicted octanol–water partition coefficient (Wildman–Crippen LogP) is 0.782. The molecule has 1 atom stereocenters. The number of rotatable bonds is 8. The fourth-order valence-corrected chi connectivity index (χ4v) is 2.56. The number of hydrogen-bond acceptors (Lipinski definition) is 6. The second-order valence-electron chi connectivity index (χ2n) is 4.23. The second kappa shape index (κ2) is 6.96. The van der Waals surface area contributed by atoms with Crippen molar-refractivity contribution in [3.8, 4) is 0 Å². The van der Waals surface area contributed by atoms with Gasteiger partial charge in [-0.3, -0.25) is 0 Å². The summed E-state index contributed by atoms with van der Waals surface area (Å²) >= 11 is 0. The zero-order valence-electron chi connectivity index (χ0n) is 11.2. The number of ether oxygens (including phenoxy) is 1. The minimum Gasteiger partial charge on any atom is -0.384 e. The SMILES string of the molecule is CCCCN1C=CN(C)C1OS(=O)(=O)CCOC. The van der Waals surface area contributed by atoms with E-state index in [1.807, 2.05) is 17.3 Å². The maximum absolute atomic E-state index is 11.7. The molecule has 18 heavy (non-hydrogen) atoms. The highest BCUT2D eigenvalue weighted by Gasteiger charge is 2.29. The van der Waals surface area contributed by atoms with Crippen molar-refractivity contribution >= 4 is 10.1 Å². The van der Waals surface area contributed by atoms with Gasteiger partial charge >= 0.3 is 0 Å². The Hall–Kier alpha value is -0.790. The Kier molecular flexibility index (Phi) is 5.90. The van der Waals surface area contributed by atoms with Crippen molar-refractivity contribution < 1.29 is 17.3 Å². The summed E-state index contributed by atoms with van der Waals surface area (Å²) in [5.41, 5.74) is 0. The van der Waals surface area contributed by atoms with Crippen LogP contribution in [0.4, 0.5) is 0 Å². The average Bonchev–Trinajstić information content (AvgIpc) is 2.65. The third-order valence-electron chi connectivity index (χ3n) is 2.67. The first-order valence-corrected chi connectivity index (χ1v) is 7.64. The summed E-state index contributed by atoms with van der Waals surface area (Å²) < 4.78 is 33.4. The number of unbranched alkanes of at least 4 members (excludes halogenated alkanes) is 1. The predicted molar refractivity (Wildman–Crippen MR) is 69.1 cm³/mol. The fraction of sp³-hybridized carbons (Fsp3) is 0.818. The van der Waals surface area contributed by atoms with Gasteiger partial charge in [0.2, 0.25) is 6.35 Å². The highest BCUT2D eigenvalue weighted by molar-refractivity contribution is 7.86. The smallest absolute Gasteiger partial charge is 0.273 e. The third-order valence-corrected chi connectivity index (χ3v) is 3.80. The molecule has 0 radical (unpaired) electrons. The van der Waals surface area contributed by atoms with Crippen molar-refractivity contribution in [2.75, 3.05) is 33.1 Å². The second-order valence-corrected chi connectivity index (χ2v) is 5.95. The van der Waals surface area contributed by atoms with Crippen LogP contribution in [0.3, 0.4) is 0 Å². The number of nitrogens with zero attached hydrogens (tertiary/aromatic N) is 2. The van der Waals surface area contributed by atoms with E-state index in [2.05, 4.69) is 6.92 Å². The molecule has 1 aliphatic heterocycles. The molecule has 0 saturated heterocycles. The first-order chi connectivity index (χ1) is 8.50. The molecule has 0 fully saturated rings. The van der Waals surface area contributed by atoms with Gasteiger partial charge in [0.1, 0.15) is 0 Å². The van der Waals surface area contributed by atoms with Gasteiger partial charge in [-0.1, -0.05) is 13.3 Å². The maximum atomic E-state index is 11.7. The van der Waals surface area contributed by atoms with E-state index in [1.165, 1.54) is 7.11 Å². The lowest BCUT2D eigenvalue weighted by molar-refractivity contribution is -0.00927. The van der Waals surface area contributed by atoms with E-state index in [9.17, 15) is 8.42 Å². The molecule has 0 aromatic heterocycles. The molecular weight excluding hydrogens is 256 g/mol. The van der Waals surface area contributed by atoms with Gasteiger partial charge in [-0.25, -0.2) is 4.18 Å². The third kappa shape index (κ3) is 4.47. The van der Waals surface area contributed by atoms with E-state index in [0.29, 0.717) is 0 Å². The molecule has 0 aromatic carbocycles. The zero-order valence-corrected chi connectivity index (χ0v) is 12.0. The monoisotopic (exact) mass is 278 g/mol. The van der Waals surface area contributed by atoms with Crippen molar-refractivity contribution in [3.05, 3.63) is 12.4 Å². The van der Waals surface area contributed by atoms with E-state index in [0.717, 1.165) is 19.4 Å². The van der Waals surface area contributed by atoms with E-state index in [-0.39, 0.29) is 12.4 Å². The van der Waals surface area contributed by atoms with Crippen LogP contribution < -0.4 is 0 Å².